The van der Waals surface area contributed by atoms with Gasteiger partial charge in [0.1, 0.15) is 6.61 Å². The third-order valence-electron chi connectivity index (χ3n) is 3.47. The molecule has 1 aromatic carbocycles. The Morgan fingerprint density at radius 3 is 2.71 bits per heavy atom. The smallest absolute Gasteiger partial charge is 0.329 e. The molecule has 1 aromatic rings. The van der Waals surface area contributed by atoms with Crippen molar-refractivity contribution >= 4 is 17.7 Å². The first-order valence-corrected chi connectivity index (χ1v) is 7.06. The van der Waals surface area contributed by atoms with Gasteiger partial charge in [0.25, 0.3) is 0 Å². The molecule has 0 bridgehead atoms. The maximum absolute atomic E-state index is 12.5. The van der Waals surface area contributed by atoms with Gasteiger partial charge in [0, 0.05) is 25.3 Å². The van der Waals surface area contributed by atoms with Gasteiger partial charge in [-0.25, -0.2) is 9.59 Å². The summed E-state index contributed by atoms with van der Waals surface area (Å²) >= 11 is 0. The molecule has 2 rings (SSSR count). The van der Waals surface area contributed by atoms with Gasteiger partial charge in [-0.15, -0.1) is 0 Å². The van der Waals surface area contributed by atoms with Crippen molar-refractivity contribution in [2.45, 2.75) is 19.4 Å². The number of para-hydroxylation sites is 1. The molecule has 0 saturated carbocycles. The molecular formula is C15H20N2O4. The number of aliphatic carboxylic acids is 1. The van der Waals surface area contributed by atoms with Crippen LogP contribution >= 0.6 is 0 Å². The second-order valence-electron chi connectivity index (χ2n) is 4.92. The first kappa shape index (κ1) is 15.3. The van der Waals surface area contributed by atoms with Gasteiger partial charge in [-0.1, -0.05) is 18.2 Å². The summed E-state index contributed by atoms with van der Waals surface area (Å²) in [6, 6.07) is 9.44. The monoisotopic (exact) mass is 292 g/mol. The lowest BCUT2D eigenvalue weighted by Gasteiger charge is -2.27. The van der Waals surface area contributed by atoms with Crippen molar-refractivity contribution in [3.8, 4) is 0 Å². The standard InChI is InChI=1S/C15H20N2O4/c1-2-17(12-6-4-3-5-7-12)15(20)16-9-8-13(10-16)21-11-14(18)19/h3-7,13H,2,8-11H2,1H3,(H,18,19)/t13-/m1/s1. The van der Waals surface area contributed by atoms with Crippen LogP contribution in [-0.4, -0.2) is 54.4 Å². The lowest BCUT2D eigenvalue weighted by atomic mass is 10.3. The fraction of sp³-hybridized carbons (Fsp3) is 0.467. The molecule has 1 aliphatic rings. The maximum atomic E-state index is 12.5. The third-order valence-corrected chi connectivity index (χ3v) is 3.47. The van der Waals surface area contributed by atoms with E-state index >= 15 is 0 Å². The molecule has 2 amide bonds. The highest BCUT2D eigenvalue weighted by atomic mass is 16.5. The fourth-order valence-corrected chi connectivity index (χ4v) is 2.43. The summed E-state index contributed by atoms with van der Waals surface area (Å²) < 4.78 is 5.25. The van der Waals surface area contributed by atoms with Gasteiger partial charge in [0.2, 0.25) is 0 Å². The van der Waals surface area contributed by atoms with Crippen molar-refractivity contribution in [3.63, 3.8) is 0 Å². The van der Waals surface area contributed by atoms with Crippen LogP contribution in [0.25, 0.3) is 0 Å². The average molecular weight is 292 g/mol. The number of carbonyl (C=O) groups is 2. The Morgan fingerprint density at radius 1 is 1.38 bits per heavy atom. The van der Waals surface area contributed by atoms with Gasteiger partial charge >= 0.3 is 12.0 Å². The molecule has 1 N–H and O–H groups in total. The number of urea groups is 1. The van der Waals surface area contributed by atoms with Crippen molar-refractivity contribution < 1.29 is 19.4 Å². The van der Waals surface area contributed by atoms with Crippen molar-refractivity contribution in [3.05, 3.63) is 30.3 Å². The van der Waals surface area contributed by atoms with Crippen LogP contribution in [0.3, 0.4) is 0 Å². The number of benzene rings is 1. The quantitative estimate of drug-likeness (QED) is 0.898. The summed E-state index contributed by atoms with van der Waals surface area (Å²) in [4.78, 5) is 26.5. The van der Waals surface area contributed by atoms with E-state index in [0.29, 0.717) is 26.1 Å². The molecule has 1 heterocycles. The molecule has 0 radical (unpaired) electrons. The number of likely N-dealkylation sites (tertiary alicyclic amines) is 1. The van der Waals surface area contributed by atoms with E-state index in [4.69, 9.17) is 9.84 Å². The van der Waals surface area contributed by atoms with Crippen LogP contribution in [0, 0.1) is 0 Å². The molecule has 21 heavy (non-hydrogen) atoms. The zero-order chi connectivity index (χ0) is 15.2. The number of hydrogen-bond donors (Lipinski definition) is 1. The summed E-state index contributed by atoms with van der Waals surface area (Å²) in [6.45, 7) is 3.23. The minimum absolute atomic E-state index is 0.0647. The highest BCUT2D eigenvalue weighted by Gasteiger charge is 2.30. The Balaban J connectivity index is 1.95. The average Bonchev–Trinajstić information content (AvgIpc) is 2.96. The molecule has 0 spiro atoms. The van der Waals surface area contributed by atoms with Gasteiger partial charge in [-0.05, 0) is 25.5 Å². The Kier molecular flexibility index (Phi) is 5.16. The molecule has 6 nitrogen and oxygen atoms in total. The van der Waals surface area contributed by atoms with Crippen molar-refractivity contribution in [2.24, 2.45) is 0 Å². The van der Waals surface area contributed by atoms with Gasteiger partial charge in [0.05, 0.1) is 6.10 Å². The Hall–Kier alpha value is -2.08. The molecule has 0 aromatic heterocycles. The Bertz CT molecular complexity index is 492. The lowest BCUT2D eigenvalue weighted by molar-refractivity contribution is -0.144. The summed E-state index contributed by atoms with van der Waals surface area (Å²) in [5.41, 5.74) is 0.861. The molecule has 1 aliphatic heterocycles. The second kappa shape index (κ2) is 7.08. The van der Waals surface area contributed by atoms with Crippen molar-refractivity contribution in [1.82, 2.24) is 4.90 Å². The van der Waals surface area contributed by atoms with Crippen LogP contribution in [0.15, 0.2) is 30.3 Å². The number of anilines is 1. The Morgan fingerprint density at radius 2 is 2.10 bits per heavy atom. The van der Waals surface area contributed by atoms with Crippen molar-refractivity contribution in [2.75, 3.05) is 31.1 Å². The highest BCUT2D eigenvalue weighted by Crippen LogP contribution is 2.19. The first-order chi connectivity index (χ1) is 10.1. The number of carboxylic acids is 1. The molecular weight excluding hydrogens is 272 g/mol. The van der Waals surface area contributed by atoms with E-state index in [0.717, 1.165) is 5.69 Å². The van der Waals surface area contributed by atoms with Crippen LogP contribution in [0.1, 0.15) is 13.3 Å². The predicted octanol–water partition coefficient (Wildman–Crippen LogP) is 1.81. The predicted molar refractivity (Wildman–Crippen MR) is 78.4 cm³/mol. The minimum atomic E-state index is -0.987. The number of rotatable bonds is 5. The van der Waals surface area contributed by atoms with Crippen LogP contribution in [0.5, 0.6) is 0 Å². The molecule has 0 unspecified atom stereocenters. The van der Waals surface area contributed by atoms with E-state index in [-0.39, 0.29) is 18.7 Å². The van der Waals surface area contributed by atoms with Gasteiger partial charge < -0.3 is 14.7 Å². The number of hydrogen-bond acceptors (Lipinski definition) is 3. The van der Waals surface area contributed by atoms with Gasteiger partial charge in [-0.3, -0.25) is 4.90 Å². The third kappa shape index (κ3) is 3.95. The lowest BCUT2D eigenvalue weighted by Crippen LogP contribution is -2.42. The van der Waals surface area contributed by atoms with Gasteiger partial charge in [0.15, 0.2) is 0 Å². The number of carboxylic acid groups (broad SMARTS) is 1. The highest BCUT2D eigenvalue weighted by molar-refractivity contribution is 5.92. The number of carbonyl (C=O) groups excluding carboxylic acids is 1. The van der Waals surface area contributed by atoms with Crippen LogP contribution < -0.4 is 4.90 Å². The summed E-state index contributed by atoms with van der Waals surface area (Å²) in [5, 5.41) is 8.61. The van der Waals surface area contributed by atoms with Gasteiger partial charge in [-0.2, -0.15) is 0 Å². The topological polar surface area (TPSA) is 70.1 Å². The maximum Gasteiger partial charge on any atom is 0.329 e. The number of amides is 2. The first-order valence-electron chi connectivity index (χ1n) is 7.06. The van der Waals surface area contributed by atoms with E-state index in [1.165, 1.54) is 0 Å². The summed E-state index contributed by atoms with van der Waals surface area (Å²) in [5.74, 6) is -0.987. The molecule has 0 aliphatic carbocycles. The summed E-state index contributed by atoms with van der Waals surface area (Å²) in [6.07, 6.45) is 0.477. The summed E-state index contributed by atoms with van der Waals surface area (Å²) in [7, 11) is 0. The molecule has 114 valence electrons. The number of ether oxygens (including phenoxy) is 1. The van der Waals surface area contributed by atoms with Crippen LogP contribution in [-0.2, 0) is 9.53 Å². The van der Waals surface area contributed by atoms with E-state index in [9.17, 15) is 9.59 Å². The largest absolute Gasteiger partial charge is 0.480 e. The van der Waals surface area contributed by atoms with E-state index in [1.807, 2.05) is 37.3 Å². The van der Waals surface area contributed by atoms with Crippen LogP contribution in [0.2, 0.25) is 0 Å². The Labute approximate surface area is 123 Å². The minimum Gasteiger partial charge on any atom is -0.480 e. The zero-order valence-electron chi connectivity index (χ0n) is 12.1. The molecule has 6 heteroatoms. The zero-order valence-corrected chi connectivity index (χ0v) is 12.1. The fourth-order valence-electron chi connectivity index (χ4n) is 2.43. The van der Waals surface area contributed by atoms with E-state index in [2.05, 4.69) is 0 Å². The SMILES string of the molecule is CCN(C(=O)N1CC[C@@H](OCC(=O)O)C1)c1ccccc1. The normalized spacial score (nSPS) is 17.8. The second-order valence-corrected chi connectivity index (χ2v) is 4.92. The van der Waals surface area contributed by atoms with E-state index in [1.54, 1.807) is 9.80 Å². The van der Waals surface area contributed by atoms with Crippen LogP contribution in [0.4, 0.5) is 10.5 Å². The molecule has 1 atom stereocenters. The number of nitrogens with zero attached hydrogens (tertiary/aromatic N) is 2. The molecule has 1 fully saturated rings. The molecule has 1 saturated heterocycles. The van der Waals surface area contributed by atoms with Crippen molar-refractivity contribution in [1.29, 1.82) is 0 Å². The van der Waals surface area contributed by atoms with E-state index < -0.39 is 5.97 Å².